The molecule has 3 N–H and O–H groups in total. The van der Waals surface area contributed by atoms with Crippen LogP contribution in [0, 0.1) is 0 Å². The topological polar surface area (TPSA) is 64.3 Å². The summed E-state index contributed by atoms with van der Waals surface area (Å²) in [7, 11) is 1.32. The molecule has 0 spiro atoms. The maximum Gasteiger partial charge on any atom is 0.325 e. The number of carbonyl (C=O) groups is 1. The Morgan fingerprint density at radius 3 is 2.88 bits per heavy atom. The molecule has 0 heterocycles. The minimum absolute atomic E-state index is 0.0342. The van der Waals surface area contributed by atoms with Crippen LogP contribution >= 0.6 is 23.8 Å². The van der Waals surface area contributed by atoms with Crippen molar-refractivity contribution in [3.8, 4) is 0 Å². The van der Waals surface area contributed by atoms with E-state index in [2.05, 4.69) is 10.1 Å². The van der Waals surface area contributed by atoms with E-state index in [0.717, 1.165) is 0 Å². The third kappa shape index (κ3) is 3.36. The maximum atomic E-state index is 11.0. The molecule has 0 aliphatic heterocycles. The predicted molar refractivity (Wildman–Crippen MR) is 67.8 cm³/mol. The first-order chi connectivity index (χ1) is 7.54. The van der Waals surface area contributed by atoms with Crippen LogP contribution in [0.3, 0.4) is 0 Å². The molecule has 1 aromatic rings. The molecule has 1 rings (SSSR count). The lowest BCUT2D eigenvalue weighted by molar-refractivity contribution is -0.138. The highest BCUT2D eigenvalue weighted by Gasteiger charge is 2.07. The Kier molecular flexibility index (Phi) is 4.52. The molecule has 0 atom stereocenters. The minimum atomic E-state index is -0.381. The molecule has 0 bridgehead atoms. The number of esters is 1. The van der Waals surface area contributed by atoms with E-state index in [4.69, 9.17) is 29.6 Å². The Hall–Kier alpha value is -1.33. The van der Waals surface area contributed by atoms with Crippen LogP contribution in [0.1, 0.15) is 5.56 Å². The SMILES string of the molecule is COC(=O)CNc1cc(Cl)ccc1C(N)=S. The van der Waals surface area contributed by atoms with Crippen molar-refractivity contribution in [1.29, 1.82) is 0 Å². The molecule has 0 amide bonds. The van der Waals surface area contributed by atoms with Crippen LogP contribution in [-0.2, 0) is 9.53 Å². The molecular weight excluding hydrogens is 248 g/mol. The third-order valence-electron chi connectivity index (χ3n) is 1.90. The van der Waals surface area contributed by atoms with Gasteiger partial charge in [0, 0.05) is 16.3 Å². The second kappa shape index (κ2) is 5.67. The van der Waals surface area contributed by atoms with Gasteiger partial charge < -0.3 is 15.8 Å². The molecule has 0 fully saturated rings. The molecule has 0 radical (unpaired) electrons. The summed E-state index contributed by atoms with van der Waals surface area (Å²) in [6.45, 7) is 0.0342. The van der Waals surface area contributed by atoms with Gasteiger partial charge in [0.25, 0.3) is 0 Å². The largest absolute Gasteiger partial charge is 0.468 e. The van der Waals surface area contributed by atoms with Gasteiger partial charge in [-0.1, -0.05) is 23.8 Å². The highest BCUT2D eigenvalue weighted by Crippen LogP contribution is 2.20. The fourth-order valence-corrected chi connectivity index (χ4v) is 1.47. The summed E-state index contributed by atoms with van der Waals surface area (Å²) in [6.07, 6.45) is 0. The van der Waals surface area contributed by atoms with Crippen LogP contribution < -0.4 is 11.1 Å². The van der Waals surface area contributed by atoms with Gasteiger partial charge in [-0.15, -0.1) is 0 Å². The molecule has 0 aliphatic rings. The number of rotatable bonds is 4. The number of carbonyl (C=O) groups excluding carboxylic acids is 1. The Bertz CT molecular complexity index is 423. The zero-order valence-electron chi connectivity index (χ0n) is 8.62. The van der Waals surface area contributed by atoms with Crippen molar-refractivity contribution < 1.29 is 9.53 Å². The molecule has 0 saturated carbocycles. The van der Waals surface area contributed by atoms with Crippen LogP contribution in [0.2, 0.25) is 5.02 Å². The number of thiocarbonyl (C=S) groups is 1. The number of ether oxygens (including phenoxy) is 1. The van der Waals surface area contributed by atoms with Crippen LogP contribution in [0.4, 0.5) is 5.69 Å². The van der Waals surface area contributed by atoms with Gasteiger partial charge in [0.05, 0.1) is 7.11 Å². The number of benzene rings is 1. The van der Waals surface area contributed by atoms with Gasteiger partial charge in [0.2, 0.25) is 0 Å². The average molecular weight is 259 g/mol. The van der Waals surface area contributed by atoms with Crippen molar-refractivity contribution in [3.05, 3.63) is 28.8 Å². The van der Waals surface area contributed by atoms with E-state index in [0.29, 0.717) is 16.3 Å². The Morgan fingerprint density at radius 2 is 2.31 bits per heavy atom. The summed E-state index contributed by atoms with van der Waals surface area (Å²) in [5.74, 6) is -0.381. The van der Waals surface area contributed by atoms with E-state index in [9.17, 15) is 4.79 Å². The number of methoxy groups -OCH3 is 1. The summed E-state index contributed by atoms with van der Waals surface area (Å²) >= 11 is 10.7. The summed E-state index contributed by atoms with van der Waals surface area (Å²) < 4.78 is 4.50. The molecule has 1 aromatic carbocycles. The van der Waals surface area contributed by atoms with E-state index >= 15 is 0 Å². The molecule has 0 aliphatic carbocycles. The van der Waals surface area contributed by atoms with Crippen LogP contribution in [0.25, 0.3) is 0 Å². The van der Waals surface area contributed by atoms with Crippen molar-refractivity contribution in [3.63, 3.8) is 0 Å². The van der Waals surface area contributed by atoms with Crippen molar-refractivity contribution in [2.45, 2.75) is 0 Å². The standard InChI is InChI=1S/C10H11ClN2O2S/c1-15-9(14)5-13-8-4-6(11)2-3-7(8)10(12)16/h2-4,13H,5H2,1H3,(H2,12,16). The Morgan fingerprint density at radius 1 is 1.62 bits per heavy atom. The van der Waals surface area contributed by atoms with E-state index in [1.54, 1.807) is 18.2 Å². The van der Waals surface area contributed by atoms with E-state index in [1.165, 1.54) is 7.11 Å². The van der Waals surface area contributed by atoms with Gasteiger partial charge in [-0.05, 0) is 18.2 Å². The quantitative estimate of drug-likeness (QED) is 0.634. The lowest BCUT2D eigenvalue weighted by Crippen LogP contribution is -2.18. The number of nitrogens with two attached hydrogens (primary N) is 1. The van der Waals surface area contributed by atoms with Gasteiger partial charge in [-0.2, -0.15) is 0 Å². The van der Waals surface area contributed by atoms with Gasteiger partial charge >= 0.3 is 5.97 Å². The van der Waals surface area contributed by atoms with Crippen LogP contribution in [0.15, 0.2) is 18.2 Å². The fourth-order valence-electron chi connectivity index (χ4n) is 1.12. The first kappa shape index (κ1) is 12.7. The van der Waals surface area contributed by atoms with Gasteiger partial charge in [0.1, 0.15) is 11.5 Å². The van der Waals surface area contributed by atoms with Crippen molar-refractivity contribution in [1.82, 2.24) is 0 Å². The van der Waals surface area contributed by atoms with Crippen LogP contribution in [0.5, 0.6) is 0 Å². The molecular formula is C10H11ClN2O2S. The lowest BCUT2D eigenvalue weighted by Gasteiger charge is -2.10. The summed E-state index contributed by atoms with van der Waals surface area (Å²) in [6, 6.07) is 5.03. The highest BCUT2D eigenvalue weighted by molar-refractivity contribution is 7.80. The zero-order valence-corrected chi connectivity index (χ0v) is 10.2. The fraction of sp³-hybridized carbons (Fsp3) is 0.200. The first-order valence-corrected chi connectivity index (χ1v) is 5.23. The van der Waals surface area contributed by atoms with E-state index in [-0.39, 0.29) is 17.5 Å². The predicted octanol–water partition coefficient (Wildman–Crippen LogP) is 1.56. The average Bonchev–Trinajstić information content (AvgIpc) is 2.25. The van der Waals surface area contributed by atoms with Crippen LogP contribution in [-0.4, -0.2) is 24.6 Å². The molecule has 4 nitrogen and oxygen atoms in total. The normalized spacial score (nSPS) is 9.62. The molecule has 86 valence electrons. The second-order valence-electron chi connectivity index (χ2n) is 2.98. The first-order valence-electron chi connectivity index (χ1n) is 4.44. The second-order valence-corrected chi connectivity index (χ2v) is 3.86. The molecule has 0 saturated heterocycles. The van der Waals surface area contributed by atoms with Crippen molar-refractivity contribution in [2.75, 3.05) is 19.0 Å². The number of hydrogen-bond acceptors (Lipinski definition) is 4. The molecule has 16 heavy (non-hydrogen) atoms. The number of anilines is 1. The van der Waals surface area contributed by atoms with Gasteiger partial charge in [0.15, 0.2) is 0 Å². The maximum absolute atomic E-state index is 11.0. The number of nitrogens with one attached hydrogen (secondary N) is 1. The molecule has 6 heteroatoms. The van der Waals surface area contributed by atoms with E-state index < -0.39 is 0 Å². The van der Waals surface area contributed by atoms with E-state index in [1.807, 2.05) is 0 Å². The lowest BCUT2D eigenvalue weighted by atomic mass is 10.2. The monoisotopic (exact) mass is 258 g/mol. The van der Waals surface area contributed by atoms with Crippen molar-refractivity contribution >= 4 is 40.5 Å². The number of halogens is 1. The molecule has 0 aromatic heterocycles. The smallest absolute Gasteiger partial charge is 0.325 e. The van der Waals surface area contributed by atoms with Gasteiger partial charge in [-0.25, -0.2) is 0 Å². The Balaban J connectivity index is 2.88. The zero-order chi connectivity index (χ0) is 12.1. The third-order valence-corrected chi connectivity index (χ3v) is 2.35. The van der Waals surface area contributed by atoms with Crippen molar-refractivity contribution in [2.24, 2.45) is 5.73 Å². The molecule has 0 unspecified atom stereocenters. The summed E-state index contributed by atoms with van der Waals surface area (Å²) in [5.41, 5.74) is 6.79. The Labute approximate surface area is 104 Å². The highest BCUT2D eigenvalue weighted by atomic mass is 35.5. The minimum Gasteiger partial charge on any atom is -0.468 e. The number of hydrogen-bond donors (Lipinski definition) is 2. The summed E-state index contributed by atoms with van der Waals surface area (Å²) in [5, 5.41) is 3.39. The summed E-state index contributed by atoms with van der Waals surface area (Å²) in [4.78, 5) is 11.2. The van der Waals surface area contributed by atoms with Gasteiger partial charge in [-0.3, -0.25) is 4.79 Å².